The molecule has 8 heteroatoms. The average molecular weight is 271 g/mol. The molecule has 1 saturated heterocycles. The van der Waals surface area contributed by atoms with Crippen molar-refractivity contribution in [1.29, 1.82) is 0 Å². The summed E-state index contributed by atoms with van der Waals surface area (Å²) in [5, 5.41) is 11.9. The van der Waals surface area contributed by atoms with E-state index in [2.05, 4.69) is 20.3 Å². The Labute approximate surface area is 110 Å². The van der Waals surface area contributed by atoms with E-state index in [1.165, 1.54) is 6.08 Å². The minimum Gasteiger partial charge on any atom is -0.370 e. The van der Waals surface area contributed by atoms with Crippen LogP contribution in [0.5, 0.6) is 0 Å². The van der Waals surface area contributed by atoms with Gasteiger partial charge in [-0.05, 0) is 30.0 Å². The zero-order valence-electron chi connectivity index (χ0n) is 10.1. The van der Waals surface area contributed by atoms with Gasteiger partial charge in [-0.3, -0.25) is 4.79 Å². The van der Waals surface area contributed by atoms with E-state index in [1.54, 1.807) is 22.3 Å². The second-order valence-corrected chi connectivity index (χ2v) is 4.61. The van der Waals surface area contributed by atoms with Gasteiger partial charge in [-0.15, -0.1) is 10.2 Å². The number of halogens is 1. The van der Waals surface area contributed by atoms with Gasteiger partial charge in [-0.25, -0.2) is 4.42 Å². The minimum atomic E-state index is 0.126. The molecule has 1 aliphatic heterocycles. The first kappa shape index (κ1) is 13.0. The highest BCUT2D eigenvalue weighted by molar-refractivity contribution is 6.13. The summed E-state index contributed by atoms with van der Waals surface area (Å²) in [7, 11) is 0. The topological polar surface area (TPSA) is 67.2 Å². The first-order valence-corrected chi connectivity index (χ1v) is 6.05. The lowest BCUT2D eigenvalue weighted by Gasteiger charge is -2.37. The van der Waals surface area contributed by atoms with Crippen LogP contribution >= 0.6 is 11.8 Å². The number of carbonyl (C=O) groups excluding carboxylic acids is 1. The molecule has 18 heavy (non-hydrogen) atoms. The SMILES string of the molecule is Cc1nnn(CC2CN(Cl)CCN2/C=C/C=O)n1. The number of hydrogen-bond acceptors (Lipinski definition) is 6. The van der Waals surface area contributed by atoms with E-state index in [1.807, 2.05) is 0 Å². The Morgan fingerprint density at radius 2 is 2.33 bits per heavy atom. The summed E-state index contributed by atoms with van der Waals surface area (Å²) >= 11 is 6.03. The fraction of sp³-hybridized carbons (Fsp3) is 0.600. The van der Waals surface area contributed by atoms with Gasteiger partial charge < -0.3 is 4.90 Å². The fourth-order valence-electron chi connectivity index (χ4n) is 1.93. The fourth-order valence-corrected chi connectivity index (χ4v) is 2.16. The van der Waals surface area contributed by atoms with Crippen molar-refractivity contribution in [3.63, 3.8) is 0 Å². The highest BCUT2D eigenvalue weighted by Gasteiger charge is 2.25. The summed E-state index contributed by atoms with van der Waals surface area (Å²) in [5.74, 6) is 0.642. The Balaban J connectivity index is 2.05. The van der Waals surface area contributed by atoms with Gasteiger partial charge in [0.1, 0.15) is 6.29 Å². The second-order valence-electron chi connectivity index (χ2n) is 4.13. The van der Waals surface area contributed by atoms with Gasteiger partial charge in [0.25, 0.3) is 0 Å². The van der Waals surface area contributed by atoms with Gasteiger partial charge in [-0.2, -0.15) is 4.80 Å². The number of allylic oxidation sites excluding steroid dienone is 1. The normalized spacial score (nSPS) is 21.7. The molecular weight excluding hydrogens is 256 g/mol. The Hall–Kier alpha value is -1.47. The lowest BCUT2D eigenvalue weighted by molar-refractivity contribution is -0.104. The van der Waals surface area contributed by atoms with Crippen LogP contribution in [0.4, 0.5) is 0 Å². The van der Waals surface area contributed by atoms with Crippen molar-refractivity contribution in [2.45, 2.75) is 19.5 Å². The third-order valence-corrected chi connectivity index (χ3v) is 3.07. The van der Waals surface area contributed by atoms with Crippen LogP contribution in [0.15, 0.2) is 12.3 Å². The lowest BCUT2D eigenvalue weighted by Crippen LogP contribution is -2.49. The van der Waals surface area contributed by atoms with Crippen molar-refractivity contribution in [2.24, 2.45) is 0 Å². The Morgan fingerprint density at radius 1 is 1.50 bits per heavy atom. The van der Waals surface area contributed by atoms with Gasteiger partial charge >= 0.3 is 0 Å². The summed E-state index contributed by atoms with van der Waals surface area (Å²) in [5.41, 5.74) is 0. The first-order chi connectivity index (χ1) is 8.69. The molecular formula is C10H15ClN6O. The van der Waals surface area contributed by atoms with E-state index in [4.69, 9.17) is 11.8 Å². The number of hydrogen-bond donors (Lipinski definition) is 0. The number of aldehydes is 1. The van der Waals surface area contributed by atoms with Crippen molar-refractivity contribution < 1.29 is 4.79 Å². The molecule has 1 aromatic rings. The van der Waals surface area contributed by atoms with Crippen molar-refractivity contribution in [3.05, 3.63) is 18.1 Å². The second kappa shape index (κ2) is 5.92. The van der Waals surface area contributed by atoms with E-state index in [9.17, 15) is 4.79 Å². The van der Waals surface area contributed by atoms with E-state index in [0.717, 1.165) is 19.4 Å². The number of aryl methyl sites for hydroxylation is 1. The number of aromatic nitrogens is 4. The molecule has 1 atom stereocenters. The van der Waals surface area contributed by atoms with Crippen LogP contribution in [0.1, 0.15) is 5.82 Å². The molecule has 2 rings (SSSR count). The summed E-state index contributed by atoms with van der Waals surface area (Å²) in [6.07, 6.45) is 4.03. The van der Waals surface area contributed by atoms with E-state index >= 15 is 0 Å². The van der Waals surface area contributed by atoms with Gasteiger partial charge in [0.15, 0.2) is 5.82 Å². The van der Waals surface area contributed by atoms with Crippen LogP contribution in [0.3, 0.4) is 0 Å². The molecule has 1 aliphatic rings. The summed E-state index contributed by atoms with van der Waals surface area (Å²) in [6, 6.07) is 0.126. The zero-order valence-corrected chi connectivity index (χ0v) is 10.9. The number of piperazine rings is 1. The summed E-state index contributed by atoms with van der Waals surface area (Å²) in [6.45, 7) is 4.60. The predicted molar refractivity (Wildman–Crippen MR) is 65.7 cm³/mol. The molecule has 98 valence electrons. The molecule has 7 nitrogen and oxygen atoms in total. The maximum Gasteiger partial charge on any atom is 0.171 e. The van der Waals surface area contributed by atoms with E-state index in [-0.39, 0.29) is 6.04 Å². The van der Waals surface area contributed by atoms with Gasteiger partial charge in [-0.1, -0.05) is 0 Å². The monoisotopic (exact) mass is 270 g/mol. The zero-order chi connectivity index (χ0) is 13.0. The number of rotatable bonds is 4. The van der Waals surface area contributed by atoms with Crippen molar-refractivity contribution in [2.75, 3.05) is 19.6 Å². The average Bonchev–Trinajstić information content (AvgIpc) is 2.74. The quantitative estimate of drug-likeness (QED) is 0.430. The smallest absolute Gasteiger partial charge is 0.171 e. The van der Waals surface area contributed by atoms with Crippen molar-refractivity contribution in [1.82, 2.24) is 29.5 Å². The molecule has 0 aromatic carbocycles. The van der Waals surface area contributed by atoms with Crippen LogP contribution in [0.25, 0.3) is 0 Å². The summed E-state index contributed by atoms with van der Waals surface area (Å²) < 4.78 is 1.74. The first-order valence-electron chi connectivity index (χ1n) is 5.72. The standard InChI is InChI=1S/C10H15ClN6O/c1-9-12-14-17(13-9)8-10-7-16(11)5-4-15(10)3-2-6-18/h2-3,6,10H,4-5,7-8H2,1H3/b3-2+. The van der Waals surface area contributed by atoms with Crippen LogP contribution in [0.2, 0.25) is 0 Å². The van der Waals surface area contributed by atoms with Gasteiger partial charge in [0, 0.05) is 25.8 Å². The highest BCUT2D eigenvalue weighted by atomic mass is 35.5. The molecule has 0 saturated carbocycles. The Morgan fingerprint density at radius 3 is 3.00 bits per heavy atom. The van der Waals surface area contributed by atoms with Crippen LogP contribution < -0.4 is 0 Å². The summed E-state index contributed by atoms with van der Waals surface area (Å²) in [4.78, 5) is 14.0. The molecule has 0 bridgehead atoms. The molecule has 1 unspecified atom stereocenters. The van der Waals surface area contributed by atoms with Gasteiger partial charge in [0.05, 0.1) is 12.6 Å². The highest BCUT2D eigenvalue weighted by Crippen LogP contribution is 2.13. The maximum absolute atomic E-state index is 10.4. The van der Waals surface area contributed by atoms with Crippen LogP contribution in [-0.4, -0.2) is 61.5 Å². The van der Waals surface area contributed by atoms with Crippen molar-refractivity contribution in [3.8, 4) is 0 Å². The van der Waals surface area contributed by atoms with Gasteiger partial charge in [0.2, 0.25) is 0 Å². The van der Waals surface area contributed by atoms with E-state index in [0.29, 0.717) is 18.9 Å². The number of carbonyl (C=O) groups is 1. The molecule has 0 spiro atoms. The number of nitrogens with zero attached hydrogens (tertiary/aromatic N) is 6. The maximum atomic E-state index is 10.4. The molecule has 1 aromatic heterocycles. The molecule has 0 amide bonds. The van der Waals surface area contributed by atoms with Crippen molar-refractivity contribution >= 4 is 18.1 Å². The van der Waals surface area contributed by atoms with Crippen LogP contribution in [0, 0.1) is 6.92 Å². The lowest BCUT2D eigenvalue weighted by atomic mass is 10.2. The minimum absolute atomic E-state index is 0.126. The molecule has 0 aliphatic carbocycles. The number of tetrazole rings is 1. The predicted octanol–water partition coefficient (Wildman–Crippen LogP) is -0.166. The molecule has 2 heterocycles. The third kappa shape index (κ3) is 3.27. The van der Waals surface area contributed by atoms with E-state index < -0.39 is 0 Å². The largest absolute Gasteiger partial charge is 0.370 e. The third-order valence-electron chi connectivity index (χ3n) is 2.76. The molecule has 0 radical (unpaired) electrons. The Kier molecular flexibility index (Phi) is 4.27. The molecule has 0 N–H and O–H groups in total. The Bertz CT molecular complexity index is 434. The molecule has 1 fully saturated rings. The van der Waals surface area contributed by atoms with Crippen LogP contribution in [-0.2, 0) is 11.3 Å².